The molecule has 7 heteroatoms. The van der Waals surface area contributed by atoms with Crippen molar-refractivity contribution in [3.63, 3.8) is 0 Å². The third-order valence-corrected chi connectivity index (χ3v) is 7.18. The van der Waals surface area contributed by atoms with E-state index >= 15 is 0 Å². The van der Waals surface area contributed by atoms with Crippen molar-refractivity contribution in [2.75, 3.05) is 13.2 Å². The van der Waals surface area contributed by atoms with Gasteiger partial charge in [0.15, 0.2) is 17.3 Å². The first-order valence-electron chi connectivity index (χ1n) is 12.0. The lowest BCUT2D eigenvalue weighted by Gasteiger charge is -2.36. The van der Waals surface area contributed by atoms with E-state index in [-0.39, 0.29) is 17.5 Å². The van der Waals surface area contributed by atoms with Crippen LogP contribution in [0, 0.1) is 5.92 Å². The summed E-state index contributed by atoms with van der Waals surface area (Å²) in [7, 11) is 0. The molecule has 1 N–H and O–H groups in total. The average molecular weight is 540 g/mol. The first-order chi connectivity index (χ1) is 16.8. The summed E-state index contributed by atoms with van der Waals surface area (Å²) < 4.78 is 11.6. The number of aliphatic imine (C=N–C) groups is 1. The van der Waals surface area contributed by atoms with Gasteiger partial charge in [0.25, 0.3) is 0 Å². The van der Waals surface area contributed by atoms with Gasteiger partial charge in [0.1, 0.15) is 5.92 Å². The number of rotatable bonds is 7. The number of ether oxygens (including phenoxy) is 2. The topological polar surface area (TPSA) is 85.2 Å². The van der Waals surface area contributed by atoms with E-state index in [1.807, 2.05) is 51.1 Å². The fourth-order valence-corrected chi connectivity index (χ4v) is 5.48. The number of hydrogen-bond donors (Lipinski definition) is 1. The second kappa shape index (κ2) is 10.8. The van der Waals surface area contributed by atoms with Gasteiger partial charge in [-0.3, -0.25) is 14.6 Å². The SMILES string of the molecule is CCCOC(=O)C1C(C)=NC2=C(C(=O)C[C@@H](c3ccccc3)C2)[C@H]1c1cc(Br)c(O)c(OCC)c1. The van der Waals surface area contributed by atoms with E-state index in [0.29, 0.717) is 59.5 Å². The third-order valence-electron chi connectivity index (χ3n) is 6.57. The van der Waals surface area contributed by atoms with E-state index in [2.05, 4.69) is 15.9 Å². The number of carbonyl (C=O) groups excluding carboxylic acids is 2. The van der Waals surface area contributed by atoms with Crippen LogP contribution < -0.4 is 4.74 Å². The van der Waals surface area contributed by atoms with Crippen LogP contribution >= 0.6 is 15.9 Å². The zero-order valence-corrected chi connectivity index (χ0v) is 21.8. The highest BCUT2D eigenvalue weighted by Crippen LogP contribution is 2.49. The van der Waals surface area contributed by atoms with Crippen molar-refractivity contribution in [3.8, 4) is 11.5 Å². The summed E-state index contributed by atoms with van der Waals surface area (Å²) in [5, 5.41) is 10.5. The van der Waals surface area contributed by atoms with Gasteiger partial charge < -0.3 is 14.6 Å². The average Bonchev–Trinajstić information content (AvgIpc) is 2.84. The minimum Gasteiger partial charge on any atom is -0.503 e. The zero-order valence-electron chi connectivity index (χ0n) is 20.2. The lowest BCUT2D eigenvalue weighted by Crippen LogP contribution is -2.38. The second-order valence-corrected chi connectivity index (χ2v) is 9.81. The van der Waals surface area contributed by atoms with Crippen LogP contribution in [0.15, 0.2) is 63.2 Å². The molecule has 6 nitrogen and oxygen atoms in total. The highest BCUT2D eigenvalue weighted by atomic mass is 79.9. The molecule has 0 saturated carbocycles. The number of esters is 1. The number of halogens is 1. The molecule has 0 amide bonds. The quantitative estimate of drug-likeness (QED) is 0.430. The number of hydrogen-bond acceptors (Lipinski definition) is 6. The lowest BCUT2D eigenvalue weighted by atomic mass is 9.69. The molecule has 2 aromatic rings. The molecule has 1 aliphatic carbocycles. The molecule has 2 aliphatic rings. The van der Waals surface area contributed by atoms with E-state index in [1.165, 1.54) is 0 Å². The van der Waals surface area contributed by atoms with Crippen molar-refractivity contribution in [2.24, 2.45) is 10.9 Å². The number of allylic oxidation sites excluding steroid dienone is 2. The van der Waals surface area contributed by atoms with Gasteiger partial charge >= 0.3 is 5.97 Å². The number of phenolic OH excluding ortho intramolecular Hbond substituents is 1. The molecule has 0 radical (unpaired) electrons. The predicted molar refractivity (Wildman–Crippen MR) is 138 cm³/mol. The van der Waals surface area contributed by atoms with Gasteiger partial charge in [-0.1, -0.05) is 37.3 Å². The Morgan fingerprint density at radius 1 is 1.14 bits per heavy atom. The molecular formula is C28H30BrNO5. The molecule has 184 valence electrons. The van der Waals surface area contributed by atoms with Crippen LogP contribution in [0.2, 0.25) is 0 Å². The molecule has 3 atom stereocenters. The fraction of sp³-hybridized carbons (Fsp3) is 0.393. The second-order valence-electron chi connectivity index (χ2n) is 8.96. The summed E-state index contributed by atoms with van der Waals surface area (Å²) in [6, 6.07) is 13.5. The van der Waals surface area contributed by atoms with E-state index in [1.54, 1.807) is 12.1 Å². The minimum absolute atomic E-state index is 0.0169. The highest BCUT2D eigenvalue weighted by molar-refractivity contribution is 9.10. The molecule has 0 aromatic heterocycles. The summed E-state index contributed by atoms with van der Waals surface area (Å²) in [6.45, 7) is 6.26. The summed E-state index contributed by atoms with van der Waals surface area (Å²) >= 11 is 3.41. The Kier molecular flexibility index (Phi) is 7.75. The molecular weight excluding hydrogens is 510 g/mol. The third kappa shape index (κ3) is 5.06. The van der Waals surface area contributed by atoms with Crippen LogP contribution in [0.4, 0.5) is 0 Å². The first-order valence-corrected chi connectivity index (χ1v) is 12.8. The van der Waals surface area contributed by atoms with Gasteiger partial charge in [0, 0.05) is 29.3 Å². The van der Waals surface area contributed by atoms with Crippen LogP contribution in [0.5, 0.6) is 11.5 Å². The van der Waals surface area contributed by atoms with Gasteiger partial charge in [-0.25, -0.2) is 0 Å². The van der Waals surface area contributed by atoms with Gasteiger partial charge in [-0.2, -0.15) is 0 Å². The van der Waals surface area contributed by atoms with Crippen molar-refractivity contribution < 1.29 is 24.2 Å². The number of nitrogens with zero attached hydrogens (tertiary/aromatic N) is 1. The normalized spacial score (nSPS) is 21.9. The molecule has 1 heterocycles. The number of Topliss-reactive ketones (excluding diaryl/α,β-unsaturated/α-hetero) is 1. The zero-order chi connectivity index (χ0) is 25.1. The predicted octanol–water partition coefficient (Wildman–Crippen LogP) is 6.08. The molecule has 35 heavy (non-hydrogen) atoms. The summed E-state index contributed by atoms with van der Waals surface area (Å²) in [4.78, 5) is 31.7. The number of ketones is 1. The molecule has 4 rings (SSSR count). The first kappa shape index (κ1) is 25.2. The van der Waals surface area contributed by atoms with Crippen molar-refractivity contribution in [1.29, 1.82) is 0 Å². The maximum Gasteiger partial charge on any atom is 0.315 e. The Morgan fingerprint density at radius 3 is 2.57 bits per heavy atom. The van der Waals surface area contributed by atoms with Crippen molar-refractivity contribution >= 4 is 33.4 Å². The molecule has 2 aromatic carbocycles. The van der Waals surface area contributed by atoms with Crippen LogP contribution in [-0.2, 0) is 14.3 Å². The molecule has 1 aliphatic heterocycles. The largest absolute Gasteiger partial charge is 0.503 e. The Bertz CT molecular complexity index is 1190. The maximum absolute atomic E-state index is 13.7. The minimum atomic E-state index is -0.733. The fourth-order valence-electron chi connectivity index (χ4n) is 5.02. The van der Waals surface area contributed by atoms with Crippen LogP contribution in [-0.4, -0.2) is 35.8 Å². The molecule has 0 fully saturated rings. The Morgan fingerprint density at radius 2 is 1.89 bits per heavy atom. The maximum atomic E-state index is 13.7. The number of phenols is 1. The van der Waals surface area contributed by atoms with E-state index in [9.17, 15) is 14.7 Å². The molecule has 0 saturated heterocycles. The molecule has 0 bridgehead atoms. The summed E-state index contributed by atoms with van der Waals surface area (Å²) in [5.41, 5.74) is 3.70. The van der Waals surface area contributed by atoms with Gasteiger partial charge in [-0.15, -0.1) is 0 Å². The Labute approximate surface area is 214 Å². The molecule has 1 unspecified atom stereocenters. The van der Waals surface area contributed by atoms with Crippen molar-refractivity contribution in [3.05, 3.63) is 69.3 Å². The van der Waals surface area contributed by atoms with E-state index in [4.69, 9.17) is 14.5 Å². The summed E-state index contributed by atoms with van der Waals surface area (Å²) in [5.74, 6) is -1.41. The van der Waals surface area contributed by atoms with E-state index < -0.39 is 17.8 Å². The number of aromatic hydroxyl groups is 1. The number of carbonyl (C=O) groups is 2. The number of benzene rings is 2. The Balaban J connectivity index is 1.84. The highest BCUT2D eigenvalue weighted by Gasteiger charge is 2.45. The standard InChI is InChI=1S/C28H30BrNO5/c1-4-11-35-28(33)24-16(3)30-21-13-18(17-9-7-6-8-10-17)14-22(31)26(21)25(24)19-12-20(29)27(32)23(15-19)34-5-2/h6-10,12,15,18,24-25,32H,4-5,11,13-14H2,1-3H3/t18-,24?,25-/m0/s1. The lowest BCUT2D eigenvalue weighted by molar-refractivity contribution is -0.146. The molecule has 0 spiro atoms. The van der Waals surface area contributed by atoms with Gasteiger partial charge in [0.2, 0.25) is 0 Å². The van der Waals surface area contributed by atoms with Gasteiger partial charge in [-0.05, 0) is 71.8 Å². The van der Waals surface area contributed by atoms with Crippen LogP contribution in [0.3, 0.4) is 0 Å². The van der Waals surface area contributed by atoms with Crippen molar-refractivity contribution in [2.45, 2.75) is 51.9 Å². The van der Waals surface area contributed by atoms with Crippen LogP contribution in [0.25, 0.3) is 0 Å². The van der Waals surface area contributed by atoms with E-state index in [0.717, 1.165) is 11.3 Å². The smallest absolute Gasteiger partial charge is 0.315 e. The van der Waals surface area contributed by atoms with Crippen molar-refractivity contribution in [1.82, 2.24) is 0 Å². The van der Waals surface area contributed by atoms with Crippen LogP contribution in [0.1, 0.15) is 63.0 Å². The Hall–Kier alpha value is -2.93. The van der Waals surface area contributed by atoms with Gasteiger partial charge in [0.05, 0.1) is 17.7 Å². The summed E-state index contributed by atoms with van der Waals surface area (Å²) in [6.07, 6.45) is 1.67. The monoisotopic (exact) mass is 539 g/mol.